The van der Waals surface area contributed by atoms with Gasteiger partial charge < -0.3 is 24.1 Å². The first kappa shape index (κ1) is 23.5. The molecular weight excluding hydrogens is 476 g/mol. The van der Waals surface area contributed by atoms with Crippen molar-refractivity contribution in [3.05, 3.63) is 34.9 Å². The first-order valence-corrected chi connectivity index (χ1v) is 10.3. The van der Waals surface area contributed by atoms with Gasteiger partial charge in [0.25, 0.3) is 5.89 Å². The quantitative estimate of drug-likeness (QED) is 0.531. The number of nitrogens with zero attached hydrogens (tertiary/aromatic N) is 3. The van der Waals surface area contributed by atoms with E-state index in [2.05, 4.69) is 20.3 Å². The number of rotatable bonds is 9. The normalized spacial score (nSPS) is 20.8. The smallest absolute Gasteiger partial charge is 0.484 e. The second-order valence-corrected chi connectivity index (χ2v) is 8.01. The Morgan fingerprint density at radius 1 is 1.24 bits per heavy atom. The van der Waals surface area contributed by atoms with Crippen LogP contribution >= 0.6 is 11.6 Å². The van der Waals surface area contributed by atoms with E-state index in [9.17, 15) is 22.4 Å². The standard InChI is InChI=1S/C19H19ClF4N4O5/c20-14-2-1-11(5-15(14)21)31-9-17-26-27-18(32-17)28-6-10(7-28)25-16(29)8-30-12-3-13(4-12)33-19(22,23)24/h1-2,5,10,12-13H,3-4,6-9H2,(H,25,29). The molecule has 1 amide bonds. The average Bonchev–Trinajstić information content (AvgIpc) is 3.14. The van der Waals surface area contributed by atoms with Crippen molar-refractivity contribution in [2.75, 3.05) is 24.6 Å². The van der Waals surface area contributed by atoms with Crippen molar-refractivity contribution in [2.24, 2.45) is 0 Å². The minimum atomic E-state index is -4.66. The van der Waals surface area contributed by atoms with Crippen LogP contribution in [-0.2, 0) is 20.9 Å². The largest absolute Gasteiger partial charge is 0.522 e. The first-order chi connectivity index (χ1) is 15.6. The molecule has 2 fully saturated rings. The number of ether oxygens (including phenoxy) is 3. The predicted molar refractivity (Wildman–Crippen MR) is 104 cm³/mol. The van der Waals surface area contributed by atoms with Gasteiger partial charge in [0.2, 0.25) is 5.91 Å². The summed E-state index contributed by atoms with van der Waals surface area (Å²) >= 11 is 5.62. The highest BCUT2D eigenvalue weighted by Gasteiger charge is 2.41. The number of benzene rings is 1. The first-order valence-electron chi connectivity index (χ1n) is 9.95. The maximum absolute atomic E-state index is 13.4. The fourth-order valence-electron chi connectivity index (χ4n) is 3.27. The summed E-state index contributed by atoms with van der Waals surface area (Å²) in [5, 5.41) is 10.5. The van der Waals surface area contributed by atoms with Crippen LogP contribution in [0, 0.1) is 5.82 Å². The summed E-state index contributed by atoms with van der Waals surface area (Å²) in [6.45, 7) is 0.561. The van der Waals surface area contributed by atoms with Crippen LogP contribution in [0.5, 0.6) is 5.75 Å². The Labute approximate surface area is 189 Å². The van der Waals surface area contributed by atoms with Crippen molar-refractivity contribution in [1.82, 2.24) is 15.5 Å². The molecule has 0 unspecified atom stereocenters. The summed E-state index contributed by atoms with van der Waals surface area (Å²) in [7, 11) is 0. The minimum Gasteiger partial charge on any atom is -0.484 e. The maximum Gasteiger partial charge on any atom is 0.522 e. The summed E-state index contributed by atoms with van der Waals surface area (Å²) in [6.07, 6.45) is -5.81. The van der Waals surface area contributed by atoms with Gasteiger partial charge in [-0.2, -0.15) is 0 Å². The molecule has 1 aromatic carbocycles. The van der Waals surface area contributed by atoms with Gasteiger partial charge in [-0.25, -0.2) is 4.39 Å². The van der Waals surface area contributed by atoms with E-state index in [1.54, 1.807) is 4.90 Å². The lowest BCUT2D eigenvalue weighted by molar-refractivity contribution is -0.357. The number of halogens is 5. The van der Waals surface area contributed by atoms with Gasteiger partial charge in [0.15, 0.2) is 6.61 Å². The number of anilines is 1. The fraction of sp³-hybridized carbons (Fsp3) is 0.526. The van der Waals surface area contributed by atoms with E-state index >= 15 is 0 Å². The van der Waals surface area contributed by atoms with Crippen LogP contribution in [-0.4, -0.2) is 60.4 Å². The maximum atomic E-state index is 13.4. The molecule has 1 N–H and O–H groups in total. The van der Waals surface area contributed by atoms with Crippen LogP contribution in [0.2, 0.25) is 5.02 Å². The molecular formula is C19H19ClF4N4O5. The van der Waals surface area contributed by atoms with Crippen LogP contribution in [0.15, 0.2) is 22.6 Å². The lowest BCUT2D eigenvalue weighted by Crippen LogP contribution is -2.60. The monoisotopic (exact) mass is 494 g/mol. The zero-order chi connectivity index (χ0) is 23.6. The van der Waals surface area contributed by atoms with E-state index in [-0.39, 0.29) is 60.7 Å². The van der Waals surface area contributed by atoms with Gasteiger partial charge in [-0.15, -0.1) is 18.3 Å². The minimum absolute atomic E-state index is 0.0133. The molecule has 1 saturated heterocycles. The van der Waals surface area contributed by atoms with E-state index in [1.807, 2.05) is 0 Å². The predicted octanol–water partition coefficient (Wildman–Crippen LogP) is 2.83. The highest BCUT2D eigenvalue weighted by molar-refractivity contribution is 6.30. The third kappa shape index (κ3) is 6.45. The van der Waals surface area contributed by atoms with Gasteiger partial charge >= 0.3 is 12.4 Å². The Hall–Kier alpha value is -2.64. The number of amides is 1. The van der Waals surface area contributed by atoms with Crippen molar-refractivity contribution >= 4 is 23.5 Å². The summed E-state index contributed by atoms with van der Waals surface area (Å²) in [6, 6.07) is 4.12. The molecule has 0 bridgehead atoms. The lowest BCUT2D eigenvalue weighted by Gasteiger charge is -2.38. The summed E-state index contributed by atoms with van der Waals surface area (Å²) in [5.74, 6) is -0.521. The fourth-order valence-corrected chi connectivity index (χ4v) is 3.39. The van der Waals surface area contributed by atoms with Crippen molar-refractivity contribution in [2.45, 2.75) is 44.1 Å². The third-order valence-corrected chi connectivity index (χ3v) is 5.34. The zero-order valence-electron chi connectivity index (χ0n) is 17.0. The van der Waals surface area contributed by atoms with Crippen molar-refractivity contribution in [3.8, 4) is 5.75 Å². The Kier molecular flexibility index (Phi) is 6.91. The molecule has 1 aliphatic heterocycles. The summed E-state index contributed by atoms with van der Waals surface area (Å²) in [5.41, 5.74) is 0. The number of nitrogens with one attached hydrogen (secondary N) is 1. The number of hydrogen-bond donors (Lipinski definition) is 1. The topological polar surface area (TPSA) is 99.0 Å². The van der Waals surface area contributed by atoms with Crippen LogP contribution in [0.4, 0.5) is 23.6 Å². The molecule has 1 aromatic heterocycles. The Balaban J connectivity index is 1.11. The molecule has 1 saturated carbocycles. The third-order valence-electron chi connectivity index (χ3n) is 5.03. The van der Waals surface area contributed by atoms with E-state index in [0.717, 1.165) is 6.07 Å². The molecule has 4 rings (SSSR count). The molecule has 9 nitrogen and oxygen atoms in total. The summed E-state index contributed by atoms with van der Waals surface area (Å²) in [4.78, 5) is 13.7. The highest BCUT2D eigenvalue weighted by atomic mass is 35.5. The van der Waals surface area contributed by atoms with E-state index in [1.165, 1.54) is 12.1 Å². The zero-order valence-corrected chi connectivity index (χ0v) is 17.7. The van der Waals surface area contributed by atoms with E-state index in [0.29, 0.717) is 13.1 Å². The van der Waals surface area contributed by atoms with Crippen molar-refractivity contribution in [3.63, 3.8) is 0 Å². The summed E-state index contributed by atoms with van der Waals surface area (Å²) < 4.78 is 69.7. The molecule has 0 radical (unpaired) electrons. The van der Waals surface area contributed by atoms with E-state index < -0.39 is 24.4 Å². The Bertz CT molecular complexity index is 979. The Morgan fingerprint density at radius 2 is 2.00 bits per heavy atom. The van der Waals surface area contributed by atoms with Gasteiger partial charge in [0.05, 0.1) is 23.3 Å². The second-order valence-electron chi connectivity index (χ2n) is 7.60. The van der Waals surface area contributed by atoms with Gasteiger partial charge in [-0.05, 0) is 12.1 Å². The van der Waals surface area contributed by atoms with Crippen LogP contribution < -0.4 is 15.0 Å². The molecule has 14 heteroatoms. The van der Waals surface area contributed by atoms with Crippen molar-refractivity contribution in [1.29, 1.82) is 0 Å². The van der Waals surface area contributed by atoms with Crippen LogP contribution in [0.1, 0.15) is 18.7 Å². The van der Waals surface area contributed by atoms with E-state index in [4.69, 9.17) is 25.5 Å². The van der Waals surface area contributed by atoms with Gasteiger partial charge in [-0.3, -0.25) is 9.53 Å². The molecule has 1 aliphatic carbocycles. The number of aromatic nitrogens is 2. The molecule has 2 heterocycles. The van der Waals surface area contributed by atoms with Crippen LogP contribution in [0.25, 0.3) is 0 Å². The molecule has 33 heavy (non-hydrogen) atoms. The Morgan fingerprint density at radius 3 is 2.70 bits per heavy atom. The number of hydrogen-bond acceptors (Lipinski definition) is 8. The molecule has 2 aliphatic rings. The molecule has 0 spiro atoms. The van der Waals surface area contributed by atoms with Crippen LogP contribution in [0.3, 0.4) is 0 Å². The van der Waals surface area contributed by atoms with Gasteiger partial charge in [0.1, 0.15) is 18.2 Å². The second kappa shape index (κ2) is 9.69. The lowest BCUT2D eigenvalue weighted by atomic mass is 9.92. The highest BCUT2D eigenvalue weighted by Crippen LogP contribution is 2.32. The van der Waals surface area contributed by atoms with Gasteiger partial charge in [0, 0.05) is 32.0 Å². The number of alkyl halides is 3. The SMILES string of the molecule is O=C(COC1CC(OC(F)(F)F)C1)NC1CN(c2nnc(COc3ccc(Cl)c(F)c3)o2)C1. The molecule has 2 aromatic rings. The molecule has 180 valence electrons. The van der Waals surface area contributed by atoms with Gasteiger partial charge in [-0.1, -0.05) is 16.7 Å². The molecule has 0 atom stereocenters. The number of carbonyl (C=O) groups excluding carboxylic acids is 1. The number of carbonyl (C=O) groups is 1. The average molecular weight is 495 g/mol. The van der Waals surface area contributed by atoms with Crippen molar-refractivity contribution < 1.29 is 41.0 Å².